The molecule has 2 heterocycles. The predicted molar refractivity (Wildman–Crippen MR) is 83.2 cm³/mol. The standard InChI is InChI=1S/C12H16ClN3S2/c1-7(4-5-17-3)14-10-9-6-8(2)18-11(9)16-12(13)15-10/h6-7H,4-5H2,1-3H3,(H,14,15,16). The summed E-state index contributed by atoms with van der Waals surface area (Å²) >= 11 is 9.46. The molecule has 0 aliphatic heterocycles. The number of anilines is 1. The Hall–Kier alpha value is -0.520. The minimum absolute atomic E-state index is 0.309. The van der Waals surface area contributed by atoms with Gasteiger partial charge in [0.1, 0.15) is 10.6 Å². The van der Waals surface area contributed by atoms with E-state index in [2.05, 4.69) is 41.5 Å². The predicted octanol–water partition coefficient (Wildman–Crippen LogP) is 4.21. The highest BCUT2D eigenvalue weighted by Crippen LogP contribution is 2.30. The fourth-order valence-corrected chi connectivity index (χ4v) is 3.41. The van der Waals surface area contributed by atoms with Gasteiger partial charge in [-0.1, -0.05) is 0 Å². The van der Waals surface area contributed by atoms with Crippen LogP contribution in [0.2, 0.25) is 5.28 Å². The fraction of sp³-hybridized carbons (Fsp3) is 0.500. The summed E-state index contributed by atoms with van der Waals surface area (Å²) in [4.78, 5) is 10.7. The number of aromatic nitrogens is 2. The second-order valence-electron chi connectivity index (χ2n) is 4.24. The number of hydrogen-bond acceptors (Lipinski definition) is 5. The van der Waals surface area contributed by atoms with Gasteiger partial charge in [-0.15, -0.1) is 11.3 Å². The Kier molecular flexibility index (Phi) is 4.70. The first kappa shape index (κ1) is 13.9. The topological polar surface area (TPSA) is 37.8 Å². The molecule has 0 saturated carbocycles. The van der Waals surface area contributed by atoms with Crippen LogP contribution in [0.4, 0.5) is 5.82 Å². The molecule has 6 heteroatoms. The SMILES string of the molecule is CSCCC(C)Nc1nc(Cl)nc2sc(C)cc12. The molecule has 0 aliphatic rings. The molecule has 2 rings (SSSR count). The van der Waals surface area contributed by atoms with E-state index in [0.717, 1.165) is 28.2 Å². The fourth-order valence-electron chi connectivity index (χ4n) is 1.73. The van der Waals surface area contributed by atoms with Gasteiger partial charge in [0.2, 0.25) is 5.28 Å². The van der Waals surface area contributed by atoms with Crippen molar-refractivity contribution in [3.63, 3.8) is 0 Å². The summed E-state index contributed by atoms with van der Waals surface area (Å²) in [7, 11) is 0. The zero-order chi connectivity index (χ0) is 13.1. The lowest BCUT2D eigenvalue weighted by Crippen LogP contribution is -2.17. The molecule has 2 aromatic rings. The lowest BCUT2D eigenvalue weighted by atomic mass is 10.2. The minimum atomic E-state index is 0.309. The largest absolute Gasteiger partial charge is 0.367 e. The third kappa shape index (κ3) is 3.28. The molecule has 18 heavy (non-hydrogen) atoms. The van der Waals surface area contributed by atoms with Gasteiger partial charge in [0.15, 0.2) is 0 Å². The Balaban J connectivity index is 2.26. The van der Waals surface area contributed by atoms with Gasteiger partial charge in [-0.3, -0.25) is 0 Å². The summed E-state index contributed by atoms with van der Waals surface area (Å²) in [5, 5.41) is 4.81. The third-order valence-corrected chi connectivity index (χ3v) is 4.38. The molecular formula is C12H16ClN3S2. The van der Waals surface area contributed by atoms with Crippen molar-refractivity contribution < 1.29 is 0 Å². The van der Waals surface area contributed by atoms with Gasteiger partial charge in [-0.25, -0.2) is 9.97 Å². The summed E-state index contributed by atoms with van der Waals surface area (Å²) in [6.45, 7) is 4.23. The number of hydrogen-bond donors (Lipinski definition) is 1. The number of thioether (sulfide) groups is 1. The Bertz CT molecular complexity index is 541. The minimum Gasteiger partial charge on any atom is -0.367 e. The van der Waals surface area contributed by atoms with E-state index in [1.165, 1.54) is 4.88 Å². The maximum atomic E-state index is 5.96. The number of halogens is 1. The van der Waals surface area contributed by atoms with Crippen LogP contribution in [0.25, 0.3) is 10.2 Å². The molecule has 1 unspecified atom stereocenters. The Morgan fingerprint density at radius 2 is 2.28 bits per heavy atom. The van der Waals surface area contributed by atoms with Crippen molar-refractivity contribution in [2.45, 2.75) is 26.3 Å². The monoisotopic (exact) mass is 301 g/mol. The van der Waals surface area contributed by atoms with Crippen LogP contribution >= 0.6 is 34.7 Å². The first-order chi connectivity index (χ1) is 8.60. The second-order valence-corrected chi connectivity index (χ2v) is 6.80. The van der Waals surface area contributed by atoms with Crippen molar-refractivity contribution in [3.8, 4) is 0 Å². The number of thiophene rings is 1. The maximum absolute atomic E-state index is 5.96. The lowest BCUT2D eigenvalue weighted by Gasteiger charge is -2.14. The highest BCUT2D eigenvalue weighted by molar-refractivity contribution is 7.98. The van der Waals surface area contributed by atoms with Gasteiger partial charge in [0.25, 0.3) is 0 Å². The van der Waals surface area contributed by atoms with Crippen molar-refractivity contribution in [2.75, 3.05) is 17.3 Å². The Labute approximate surface area is 120 Å². The van der Waals surface area contributed by atoms with Crippen LogP contribution < -0.4 is 5.32 Å². The van der Waals surface area contributed by atoms with Crippen LogP contribution in [0.3, 0.4) is 0 Å². The molecule has 0 radical (unpaired) electrons. The molecule has 0 bridgehead atoms. The molecule has 1 N–H and O–H groups in total. The average molecular weight is 302 g/mol. The summed E-state index contributed by atoms with van der Waals surface area (Å²) in [5.41, 5.74) is 0. The van der Waals surface area contributed by atoms with Crippen LogP contribution in [0.1, 0.15) is 18.2 Å². The Morgan fingerprint density at radius 1 is 1.50 bits per heavy atom. The summed E-state index contributed by atoms with van der Waals surface area (Å²) in [5.74, 6) is 1.99. The van der Waals surface area contributed by atoms with E-state index in [1.807, 2.05) is 11.8 Å². The molecule has 2 aromatic heterocycles. The van der Waals surface area contributed by atoms with Crippen molar-refractivity contribution in [1.29, 1.82) is 0 Å². The van der Waals surface area contributed by atoms with Crippen molar-refractivity contribution in [2.24, 2.45) is 0 Å². The molecule has 0 fully saturated rings. The van der Waals surface area contributed by atoms with E-state index in [9.17, 15) is 0 Å². The van der Waals surface area contributed by atoms with Crippen molar-refractivity contribution in [1.82, 2.24) is 9.97 Å². The molecule has 1 atom stereocenters. The number of nitrogens with one attached hydrogen (secondary N) is 1. The van der Waals surface area contributed by atoms with Gasteiger partial charge < -0.3 is 5.32 Å². The highest BCUT2D eigenvalue weighted by atomic mass is 35.5. The van der Waals surface area contributed by atoms with E-state index in [4.69, 9.17) is 11.6 Å². The lowest BCUT2D eigenvalue weighted by molar-refractivity contribution is 0.768. The smallest absolute Gasteiger partial charge is 0.225 e. The number of nitrogens with zero attached hydrogens (tertiary/aromatic N) is 2. The van der Waals surface area contributed by atoms with Crippen LogP contribution in [-0.2, 0) is 0 Å². The van der Waals surface area contributed by atoms with Gasteiger partial charge in [-0.2, -0.15) is 11.8 Å². The van der Waals surface area contributed by atoms with Gasteiger partial charge in [0, 0.05) is 10.9 Å². The number of aryl methyl sites for hydroxylation is 1. The van der Waals surface area contributed by atoms with Crippen LogP contribution in [0.15, 0.2) is 6.07 Å². The van der Waals surface area contributed by atoms with E-state index < -0.39 is 0 Å². The highest BCUT2D eigenvalue weighted by Gasteiger charge is 2.11. The third-order valence-electron chi connectivity index (χ3n) is 2.63. The molecule has 0 aromatic carbocycles. The van der Waals surface area contributed by atoms with Gasteiger partial charge in [-0.05, 0) is 49.9 Å². The zero-order valence-electron chi connectivity index (χ0n) is 10.7. The van der Waals surface area contributed by atoms with E-state index in [1.54, 1.807) is 11.3 Å². The van der Waals surface area contributed by atoms with Gasteiger partial charge in [0.05, 0.1) is 5.39 Å². The number of rotatable bonds is 5. The molecule has 0 saturated heterocycles. The van der Waals surface area contributed by atoms with E-state index >= 15 is 0 Å². The van der Waals surface area contributed by atoms with E-state index in [-0.39, 0.29) is 0 Å². The first-order valence-electron chi connectivity index (χ1n) is 5.79. The average Bonchev–Trinajstić information content (AvgIpc) is 2.67. The molecular weight excluding hydrogens is 286 g/mol. The van der Waals surface area contributed by atoms with Crippen LogP contribution in [-0.4, -0.2) is 28.0 Å². The Morgan fingerprint density at radius 3 is 3.00 bits per heavy atom. The van der Waals surface area contributed by atoms with Crippen molar-refractivity contribution >= 4 is 50.7 Å². The van der Waals surface area contributed by atoms with Gasteiger partial charge >= 0.3 is 0 Å². The van der Waals surface area contributed by atoms with E-state index in [0.29, 0.717) is 11.3 Å². The summed E-state index contributed by atoms with van der Waals surface area (Å²) in [6, 6.07) is 2.49. The summed E-state index contributed by atoms with van der Waals surface area (Å²) < 4.78 is 0. The van der Waals surface area contributed by atoms with Crippen molar-refractivity contribution in [3.05, 3.63) is 16.2 Å². The molecule has 98 valence electrons. The molecule has 3 nitrogen and oxygen atoms in total. The molecule has 0 amide bonds. The van der Waals surface area contributed by atoms with Crippen LogP contribution in [0.5, 0.6) is 0 Å². The molecule has 0 spiro atoms. The first-order valence-corrected chi connectivity index (χ1v) is 8.38. The second kappa shape index (κ2) is 6.08. The summed E-state index contributed by atoms with van der Waals surface area (Å²) in [6.07, 6.45) is 3.22. The number of fused-ring (bicyclic) bond motifs is 1. The quantitative estimate of drug-likeness (QED) is 0.840. The zero-order valence-corrected chi connectivity index (χ0v) is 13.0. The normalized spacial score (nSPS) is 12.9. The maximum Gasteiger partial charge on any atom is 0.225 e. The molecule has 0 aliphatic carbocycles. The van der Waals surface area contributed by atoms with Crippen LogP contribution in [0, 0.1) is 6.92 Å².